The molecule has 0 fully saturated rings. The Hall–Kier alpha value is -0.490. The average Bonchev–Trinajstić information content (AvgIpc) is 2.00. The first-order valence-electron chi connectivity index (χ1n) is 3.62. The van der Waals surface area contributed by atoms with Crippen LogP contribution in [0.3, 0.4) is 0 Å². The maximum atomic E-state index is 12.4. The molecule has 7 heteroatoms. The predicted octanol–water partition coefficient (Wildman–Crippen LogP) is 3.47. The average molecular weight is 225 g/mol. The summed E-state index contributed by atoms with van der Waals surface area (Å²) in [4.78, 5) is 0. The van der Waals surface area contributed by atoms with E-state index in [0.717, 1.165) is 0 Å². The van der Waals surface area contributed by atoms with Gasteiger partial charge in [-0.25, -0.2) is 17.6 Å². The van der Waals surface area contributed by atoms with E-state index in [-0.39, 0.29) is 0 Å². The first-order valence-corrected chi connectivity index (χ1v) is 3.62. The number of hydrogen-bond donors (Lipinski definition) is 0. The van der Waals surface area contributed by atoms with E-state index in [4.69, 9.17) is 0 Å². The fourth-order valence-corrected chi connectivity index (χ4v) is 0.727. The van der Waals surface area contributed by atoms with Crippen molar-refractivity contribution in [1.29, 1.82) is 0 Å². The van der Waals surface area contributed by atoms with E-state index in [1.54, 1.807) is 0 Å². The molecule has 0 heterocycles. The minimum atomic E-state index is -5.00. The lowest BCUT2D eigenvalue weighted by Gasteiger charge is -2.22. The van der Waals surface area contributed by atoms with Gasteiger partial charge in [0.05, 0.1) is 6.42 Å². The van der Waals surface area contributed by atoms with E-state index in [9.17, 15) is 30.7 Å². The molecule has 0 nitrogen and oxygen atoms in total. The van der Waals surface area contributed by atoms with Crippen LogP contribution in [0.2, 0.25) is 0 Å². The van der Waals surface area contributed by atoms with Gasteiger partial charge in [0.1, 0.15) is 6.17 Å². The smallest absolute Gasteiger partial charge is 0.244 e. The van der Waals surface area contributed by atoms with Crippen LogP contribution in [0.4, 0.5) is 30.7 Å². The molecule has 0 spiro atoms. The maximum absolute atomic E-state index is 12.4. The Morgan fingerprint density at radius 1 is 1.00 bits per heavy atom. The summed E-state index contributed by atoms with van der Waals surface area (Å²) in [6, 6.07) is 0. The summed E-state index contributed by atoms with van der Waals surface area (Å²) in [5.41, 5.74) is 0. The fraction of sp³-hybridized carbons (Fsp3) is 0.857. The lowest BCUT2D eigenvalue weighted by Crippen LogP contribution is -2.39. The summed E-state index contributed by atoms with van der Waals surface area (Å²) in [6.07, 6.45) is -15.2. The summed E-state index contributed by atoms with van der Waals surface area (Å²) in [7, 11) is 0. The highest BCUT2D eigenvalue weighted by atomic mass is 19.4. The fourth-order valence-electron chi connectivity index (χ4n) is 0.727. The van der Waals surface area contributed by atoms with Gasteiger partial charge in [-0.2, -0.15) is 13.2 Å². The van der Waals surface area contributed by atoms with Crippen LogP contribution in [0.25, 0.3) is 0 Å². The summed E-state index contributed by atoms with van der Waals surface area (Å²) in [5.74, 6) is -4.16. The second-order valence-corrected chi connectivity index (χ2v) is 2.75. The Morgan fingerprint density at radius 2 is 1.43 bits per heavy atom. The SMILES string of the molecule is [CH2]CC(F)(F)[C@@H](F)C(F)CC(F)(F)F. The van der Waals surface area contributed by atoms with Gasteiger partial charge in [-0.05, 0) is 6.92 Å². The number of halogens is 7. The van der Waals surface area contributed by atoms with E-state index in [2.05, 4.69) is 6.92 Å². The van der Waals surface area contributed by atoms with E-state index < -0.39 is 37.3 Å². The zero-order valence-electron chi connectivity index (χ0n) is 6.92. The predicted molar refractivity (Wildman–Crippen MR) is 35.4 cm³/mol. The first-order chi connectivity index (χ1) is 6.10. The van der Waals surface area contributed by atoms with Crippen LogP contribution in [0, 0.1) is 6.92 Å². The molecule has 85 valence electrons. The molecular formula is C7H8F7. The molecule has 2 atom stereocenters. The van der Waals surface area contributed by atoms with Crippen molar-refractivity contribution in [3.63, 3.8) is 0 Å². The quantitative estimate of drug-likeness (QED) is 0.642. The van der Waals surface area contributed by atoms with Gasteiger partial charge in [0.2, 0.25) is 0 Å². The summed E-state index contributed by atoms with van der Waals surface area (Å²) >= 11 is 0. The molecule has 0 aliphatic heterocycles. The van der Waals surface area contributed by atoms with Crippen molar-refractivity contribution in [2.24, 2.45) is 0 Å². The Labute approximate surface area is 76.1 Å². The maximum Gasteiger partial charge on any atom is 0.392 e. The summed E-state index contributed by atoms with van der Waals surface area (Å²) in [6.45, 7) is 2.62. The normalized spacial score (nSPS) is 18.0. The van der Waals surface area contributed by atoms with Crippen LogP contribution >= 0.6 is 0 Å². The molecule has 0 rings (SSSR count). The Balaban J connectivity index is 4.33. The van der Waals surface area contributed by atoms with Crippen LogP contribution < -0.4 is 0 Å². The van der Waals surface area contributed by atoms with Crippen molar-refractivity contribution in [1.82, 2.24) is 0 Å². The van der Waals surface area contributed by atoms with Gasteiger partial charge in [-0.3, -0.25) is 0 Å². The van der Waals surface area contributed by atoms with E-state index in [1.165, 1.54) is 0 Å². The van der Waals surface area contributed by atoms with E-state index in [0.29, 0.717) is 0 Å². The third-order valence-electron chi connectivity index (χ3n) is 1.48. The Morgan fingerprint density at radius 3 is 1.71 bits per heavy atom. The molecule has 0 bridgehead atoms. The molecule has 0 N–H and O–H groups in total. The van der Waals surface area contributed by atoms with Gasteiger partial charge in [-0.15, -0.1) is 0 Å². The number of alkyl halides is 7. The van der Waals surface area contributed by atoms with Gasteiger partial charge in [0.25, 0.3) is 5.92 Å². The number of rotatable bonds is 4. The highest BCUT2D eigenvalue weighted by Gasteiger charge is 2.47. The molecule has 0 amide bonds. The lowest BCUT2D eigenvalue weighted by atomic mass is 10.0. The monoisotopic (exact) mass is 225 g/mol. The van der Waals surface area contributed by atoms with Gasteiger partial charge < -0.3 is 0 Å². The van der Waals surface area contributed by atoms with E-state index in [1.807, 2.05) is 0 Å². The topological polar surface area (TPSA) is 0 Å². The molecule has 1 radical (unpaired) electrons. The number of hydrogen-bond acceptors (Lipinski definition) is 0. The Kier molecular flexibility index (Phi) is 4.20. The zero-order chi connectivity index (χ0) is 11.6. The Bertz CT molecular complexity index is 173. The largest absolute Gasteiger partial charge is 0.392 e. The van der Waals surface area contributed by atoms with Crippen molar-refractivity contribution >= 4 is 0 Å². The third kappa shape index (κ3) is 4.15. The lowest BCUT2D eigenvalue weighted by molar-refractivity contribution is -0.168. The molecule has 0 aromatic rings. The molecule has 0 aliphatic carbocycles. The highest BCUT2D eigenvalue weighted by molar-refractivity contribution is 4.85. The second-order valence-electron chi connectivity index (χ2n) is 2.75. The molecule has 0 saturated heterocycles. The van der Waals surface area contributed by atoms with E-state index >= 15 is 0 Å². The van der Waals surface area contributed by atoms with Gasteiger partial charge in [0.15, 0.2) is 6.17 Å². The van der Waals surface area contributed by atoms with Crippen molar-refractivity contribution in [2.75, 3.05) is 0 Å². The molecule has 0 aromatic carbocycles. The third-order valence-corrected chi connectivity index (χ3v) is 1.48. The molecule has 1 unspecified atom stereocenters. The standard InChI is InChI=1S/C7H8F7/c1-2-6(10,11)5(9)4(8)3-7(12,13)14/h4-5H,1-3H2/t4?,5-/m0/s1. The minimum absolute atomic E-state index is 1.29. The molecule has 0 aromatic heterocycles. The van der Waals surface area contributed by atoms with Gasteiger partial charge in [-0.1, -0.05) is 0 Å². The van der Waals surface area contributed by atoms with Crippen LogP contribution in [0.15, 0.2) is 0 Å². The van der Waals surface area contributed by atoms with Gasteiger partial charge in [0, 0.05) is 6.42 Å². The van der Waals surface area contributed by atoms with Crippen LogP contribution in [0.5, 0.6) is 0 Å². The van der Waals surface area contributed by atoms with Crippen molar-refractivity contribution < 1.29 is 30.7 Å². The van der Waals surface area contributed by atoms with Gasteiger partial charge >= 0.3 is 6.18 Å². The van der Waals surface area contributed by atoms with Crippen LogP contribution in [-0.4, -0.2) is 24.4 Å². The molecule has 14 heavy (non-hydrogen) atoms. The zero-order valence-corrected chi connectivity index (χ0v) is 6.92. The van der Waals surface area contributed by atoms with Crippen LogP contribution in [0.1, 0.15) is 12.8 Å². The van der Waals surface area contributed by atoms with Crippen molar-refractivity contribution in [3.8, 4) is 0 Å². The summed E-state index contributed by atoms with van der Waals surface area (Å²) in [5, 5.41) is 0. The molecular weight excluding hydrogens is 217 g/mol. The summed E-state index contributed by atoms with van der Waals surface area (Å²) < 4.78 is 83.9. The van der Waals surface area contributed by atoms with Crippen molar-refractivity contribution in [3.05, 3.63) is 6.92 Å². The second kappa shape index (κ2) is 4.35. The van der Waals surface area contributed by atoms with Crippen LogP contribution in [-0.2, 0) is 0 Å². The molecule has 0 saturated carbocycles. The molecule has 0 aliphatic rings. The highest BCUT2D eigenvalue weighted by Crippen LogP contribution is 2.33. The van der Waals surface area contributed by atoms with Crippen molar-refractivity contribution in [2.45, 2.75) is 37.3 Å². The first kappa shape index (κ1) is 13.5. The minimum Gasteiger partial charge on any atom is -0.244 e.